The lowest BCUT2D eigenvalue weighted by Gasteiger charge is -2.11. The molecule has 1 heterocycles. The molecule has 2 aromatic rings. The van der Waals surface area contributed by atoms with Gasteiger partial charge in [-0.1, -0.05) is 18.2 Å². The number of hydrogen-bond donors (Lipinski definition) is 1. The quantitative estimate of drug-likeness (QED) is 0.873. The minimum atomic E-state index is -0.356. The molecule has 0 fully saturated rings. The average Bonchev–Trinajstić information content (AvgIpc) is 2.69. The Bertz CT molecular complexity index is 456. The van der Waals surface area contributed by atoms with Gasteiger partial charge in [0.2, 0.25) is 0 Å². The second-order valence-corrected chi connectivity index (χ2v) is 4.50. The van der Waals surface area contributed by atoms with Crippen LogP contribution in [0.15, 0.2) is 35.7 Å². The van der Waals surface area contributed by atoms with Gasteiger partial charge in [0.05, 0.1) is 6.04 Å². The minimum absolute atomic E-state index is 0. The van der Waals surface area contributed by atoms with Crippen molar-refractivity contribution in [2.75, 3.05) is 0 Å². The number of benzene rings is 1. The summed E-state index contributed by atoms with van der Waals surface area (Å²) < 4.78 is 13.6. The molecule has 0 radical (unpaired) electrons. The molecule has 86 valence electrons. The van der Waals surface area contributed by atoms with E-state index in [1.165, 1.54) is 6.07 Å². The Morgan fingerprint density at radius 2 is 2.06 bits per heavy atom. The summed E-state index contributed by atoms with van der Waals surface area (Å²) in [6, 6.07) is 8.65. The van der Waals surface area contributed by atoms with Gasteiger partial charge in [0, 0.05) is 10.4 Å². The van der Waals surface area contributed by atoms with Gasteiger partial charge < -0.3 is 5.73 Å². The Labute approximate surface area is 105 Å². The Morgan fingerprint density at radius 3 is 2.62 bits per heavy atom. The summed E-state index contributed by atoms with van der Waals surface area (Å²) >= 11 is 1.55. The van der Waals surface area contributed by atoms with Crippen molar-refractivity contribution >= 4 is 23.7 Å². The summed E-state index contributed by atoms with van der Waals surface area (Å²) in [7, 11) is 0. The van der Waals surface area contributed by atoms with Gasteiger partial charge in [0.1, 0.15) is 5.82 Å². The van der Waals surface area contributed by atoms with Gasteiger partial charge in [-0.3, -0.25) is 0 Å². The highest BCUT2D eigenvalue weighted by Gasteiger charge is 2.13. The maximum Gasteiger partial charge on any atom is 0.128 e. The lowest BCUT2D eigenvalue weighted by molar-refractivity contribution is 0.600. The Kier molecular flexibility index (Phi) is 4.47. The molecule has 0 spiro atoms. The number of hydrogen-bond acceptors (Lipinski definition) is 2. The van der Waals surface area contributed by atoms with Gasteiger partial charge in [-0.2, -0.15) is 0 Å². The van der Waals surface area contributed by atoms with Crippen LogP contribution in [0.5, 0.6) is 0 Å². The fourth-order valence-electron chi connectivity index (χ4n) is 1.51. The van der Waals surface area contributed by atoms with E-state index in [9.17, 15) is 4.39 Å². The molecule has 0 saturated carbocycles. The largest absolute Gasteiger partial charge is 0.320 e. The molecule has 16 heavy (non-hydrogen) atoms. The van der Waals surface area contributed by atoms with Crippen LogP contribution in [-0.4, -0.2) is 0 Å². The summed E-state index contributed by atoms with van der Waals surface area (Å²) in [6.45, 7) is 1.86. The van der Waals surface area contributed by atoms with E-state index in [0.29, 0.717) is 5.56 Å². The smallest absolute Gasteiger partial charge is 0.128 e. The van der Waals surface area contributed by atoms with Crippen LogP contribution in [0.4, 0.5) is 4.39 Å². The Morgan fingerprint density at radius 1 is 1.31 bits per heavy atom. The topological polar surface area (TPSA) is 26.0 Å². The first-order valence-corrected chi connectivity index (χ1v) is 5.61. The summed E-state index contributed by atoms with van der Waals surface area (Å²) in [5.41, 5.74) is 7.45. The van der Waals surface area contributed by atoms with Crippen LogP contribution < -0.4 is 5.73 Å². The number of nitrogens with two attached hydrogens (primary N) is 1. The van der Waals surface area contributed by atoms with Gasteiger partial charge in [-0.05, 0) is 30.0 Å². The molecule has 0 aliphatic rings. The lowest BCUT2D eigenvalue weighted by Crippen LogP contribution is -2.12. The molecule has 0 amide bonds. The number of aryl methyl sites for hydroxylation is 1. The van der Waals surface area contributed by atoms with Gasteiger partial charge >= 0.3 is 0 Å². The highest BCUT2D eigenvalue weighted by molar-refractivity contribution is 7.10. The first-order chi connectivity index (χ1) is 7.18. The second-order valence-electron chi connectivity index (χ2n) is 3.52. The molecule has 0 aliphatic carbocycles. The molecule has 1 aromatic heterocycles. The molecule has 0 unspecified atom stereocenters. The van der Waals surface area contributed by atoms with E-state index in [0.717, 1.165) is 10.4 Å². The van der Waals surface area contributed by atoms with E-state index >= 15 is 0 Å². The van der Waals surface area contributed by atoms with Crippen LogP contribution in [-0.2, 0) is 0 Å². The Balaban J connectivity index is 0.00000128. The molecule has 0 aliphatic heterocycles. The van der Waals surface area contributed by atoms with Crippen molar-refractivity contribution in [1.82, 2.24) is 0 Å². The summed E-state index contributed by atoms with van der Waals surface area (Å²) in [6.07, 6.45) is 0. The van der Waals surface area contributed by atoms with Crippen LogP contribution in [0.25, 0.3) is 0 Å². The molecule has 2 N–H and O–H groups in total. The average molecular weight is 258 g/mol. The third-order valence-corrected chi connectivity index (χ3v) is 3.30. The molecule has 1 nitrogen and oxygen atoms in total. The third-order valence-electron chi connectivity index (χ3n) is 2.34. The summed E-state index contributed by atoms with van der Waals surface area (Å²) in [5, 5.41) is 1.95. The number of rotatable bonds is 2. The van der Waals surface area contributed by atoms with Crippen molar-refractivity contribution in [3.63, 3.8) is 0 Å². The highest BCUT2D eigenvalue weighted by atomic mass is 35.5. The molecule has 0 bridgehead atoms. The van der Waals surface area contributed by atoms with Gasteiger partial charge in [-0.15, -0.1) is 23.7 Å². The van der Waals surface area contributed by atoms with Crippen LogP contribution >= 0.6 is 23.7 Å². The van der Waals surface area contributed by atoms with Crippen molar-refractivity contribution in [2.24, 2.45) is 5.73 Å². The minimum Gasteiger partial charge on any atom is -0.320 e. The summed E-state index contributed by atoms with van der Waals surface area (Å²) in [4.78, 5) is 0.984. The van der Waals surface area contributed by atoms with Crippen molar-refractivity contribution in [1.29, 1.82) is 0 Å². The van der Waals surface area contributed by atoms with E-state index in [2.05, 4.69) is 0 Å². The zero-order valence-electron chi connectivity index (χ0n) is 8.81. The molecule has 4 heteroatoms. The van der Waals surface area contributed by atoms with Crippen LogP contribution in [0.2, 0.25) is 0 Å². The van der Waals surface area contributed by atoms with E-state index in [4.69, 9.17) is 5.73 Å². The van der Waals surface area contributed by atoms with Crippen molar-refractivity contribution < 1.29 is 4.39 Å². The molecular weight excluding hydrogens is 245 g/mol. The SMILES string of the molecule is Cc1ccc([C@@H](N)c2cccs2)c(F)c1.Cl. The van der Waals surface area contributed by atoms with Gasteiger partial charge in [0.15, 0.2) is 0 Å². The fourth-order valence-corrected chi connectivity index (χ4v) is 2.25. The molecular formula is C12H13ClFNS. The fraction of sp³-hybridized carbons (Fsp3) is 0.167. The first-order valence-electron chi connectivity index (χ1n) is 4.73. The van der Waals surface area contributed by atoms with Crippen molar-refractivity contribution in [3.05, 3.63) is 57.5 Å². The standard InChI is InChI=1S/C12H12FNS.ClH/c1-8-4-5-9(10(13)7-8)12(14)11-3-2-6-15-11;/h2-7,12H,14H2,1H3;1H/t12-;/m1./s1. The van der Waals surface area contributed by atoms with E-state index in [1.54, 1.807) is 17.4 Å². The number of halogens is 2. The predicted octanol–water partition coefficient (Wildman–Crippen LogP) is 3.67. The third kappa shape index (κ3) is 2.61. The summed E-state index contributed by atoms with van der Waals surface area (Å²) in [5.74, 6) is -0.226. The lowest BCUT2D eigenvalue weighted by atomic mass is 10.0. The molecule has 0 saturated heterocycles. The zero-order chi connectivity index (χ0) is 10.8. The van der Waals surface area contributed by atoms with E-state index in [1.807, 2.05) is 30.5 Å². The molecule has 1 atom stereocenters. The van der Waals surface area contributed by atoms with Gasteiger partial charge in [-0.25, -0.2) is 4.39 Å². The monoisotopic (exact) mass is 257 g/mol. The maximum absolute atomic E-state index is 13.6. The molecule has 2 rings (SSSR count). The first kappa shape index (κ1) is 13.2. The highest BCUT2D eigenvalue weighted by Crippen LogP contribution is 2.25. The van der Waals surface area contributed by atoms with Crippen LogP contribution in [0.3, 0.4) is 0 Å². The normalized spacial score (nSPS) is 11.9. The van der Waals surface area contributed by atoms with Crippen molar-refractivity contribution in [2.45, 2.75) is 13.0 Å². The van der Waals surface area contributed by atoms with E-state index in [-0.39, 0.29) is 24.3 Å². The van der Waals surface area contributed by atoms with Crippen LogP contribution in [0.1, 0.15) is 22.0 Å². The number of thiophene rings is 1. The van der Waals surface area contributed by atoms with Crippen LogP contribution in [0, 0.1) is 12.7 Å². The second kappa shape index (κ2) is 5.43. The maximum atomic E-state index is 13.6. The van der Waals surface area contributed by atoms with Crippen molar-refractivity contribution in [3.8, 4) is 0 Å². The van der Waals surface area contributed by atoms with E-state index < -0.39 is 0 Å². The Hall–Kier alpha value is -0.900. The predicted molar refractivity (Wildman–Crippen MR) is 68.7 cm³/mol. The molecule has 1 aromatic carbocycles. The van der Waals surface area contributed by atoms with Gasteiger partial charge in [0.25, 0.3) is 0 Å². The zero-order valence-corrected chi connectivity index (χ0v) is 10.4.